The van der Waals surface area contributed by atoms with Gasteiger partial charge in [0.1, 0.15) is 0 Å². The summed E-state index contributed by atoms with van der Waals surface area (Å²) in [5.41, 5.74) is 0. The zero-order chi connectivity index (χ0) is 13.5. The second kappa shape index (κ2) is 9.08. The van der Waals surface area contributed by atoms with Gasteiger partial charge in [-0.25, -0.2) is 0 Å². The average Bonchev–Trinajstić information content (AvgIpc) is 2.71. The molecule has 1 heterocycles. The van der Waals surface area contributed by atoms with Crippen molar-refractivity contribution >= 4 is 51.9 Å². The van der Waals surface area contributed by atoms with Crippen LogP contribution in [0.4, 0.5) is 0 Å². The molecule has 1 aliphatic rings. The summed E-state index contributed by atoms with van der Waals surface area (Å²) < 4.78 is 7.45. The van der Waals surface area contributed by atoms with Gasteiger partial charge in [-0.05, 0) is 12.8 Å². The Kier molecular flexibility index (Phi) is 8.63. The van der Waals surface area contributed by atoms with Gasteiger partial charge in [-0.15, -0.1) is 0 Å². The first kappa shape index (κ1) is 17.1. The van der Waals surface area contributed by atoms with Gasteiger partial charge < -0.3 is 0 Å². The summed E-state index contributed by atoms with van der Waals surface area (Å²) in [6.07, 6.45) is 12.9. The standard InChI is InChI=1S/C6H11I2N.C6H8N2.Pt/c7-9(8)6-4-2-1-3-5-6;1-3-8-5-4-7(2)6-8;/h6H,1-5H2;3-5H,1H2,2H3;. The zero-order valence-electron chi connectivity index (χ0n) is 10.5. The molecule has 1 aliphatic carbocycles. The Morgan fingerprint density at radius 2 is 1.94 bits per heavy atom. The van der Waals surface area contributed by atoms with Crippen molar-refractivity contribution in [3.63, 3.8) is 0 Å². The van der Waals surface area contributed by atoms with Gasteiger partial charge in [0.2, 0.25) is 0 Å². The van der Waals surface area contributed by atoms with E-state index in [9.17, 15) is 0 Å². The molecule has 1 aromatic heterocycles. The van der Waals surface area contributed by atoms with Crippen LogP contribution in [0.5, 0.6) is 0 Å². The molecule has 0 atom stereocenters. The van der Waals surface area contributed by atoms with Crippen molar-refractivity contribution in [2.24, 2.45) is 7.05 Å². The van der Waals surface area contributed by atoms with Crippen molar-refractivity contribution < 1.29 is 19.4 Å². The predicted molar refractivity (Wildman–Crippen MR) is 89.8 cm³/mol. The Morgan fingerprint density at radius 1 is 1.33 bits per heavy atom. The maximum absolute atomic E-state index is 3.65. The topological polar surface area (TPSA) is 13.1 Å². The molecule has 0 saturated heterocycles. The maximum Gasteiger partial charge on any atom is 0.0311 e. The first-order chi connectivity index (χ1) is 8.56. The van der Waals surface area contributed by atoms with Crippen LogP contribution in [0.2, 0.25) is 0 Å². The van der Waals surface area contributed by atoms with Gasteiger partial charge in [0.25, 0.3) is 0 Å². The molecule has 0 N–H and O–H groups in total. The molecule has 0 radical (unpaired) electrons. The summed E-state index contributed by atoms with van der Waals surface area (Å²) in [6, 6.07) is 0.861. The van der Waals surface area contributed by atoms with Crippen LogP contribution in [-0.4, -0.2) is 16.5 Å². The minimum Gasteiger partial charge on any atom is -0.185 e. The van der Waals surface area contributed by atoms with Crippen LogP contribution in [0.15, 0.2) is 19.0 Å². The molecule has 2 rings (SSSR count). The molecule has 3 nitrogen and oxygen atoms in total. The van der Waals surface area contributed by atoms with E-state index in [1.165, 1.54) is 32.1 Å². The van der Waals surface area contributed by atoms with E-state index in [0.717, 1.165) is 9.85 Å². The first-order valence-electron chi connectivity index (χ1n) is 5.98. The molecule has 0 amide bonds. The summed E-state index contributed by atoms with van der Waals surface area (Å²) in [6.45, 7) is 3.65. The number of aromatic nitrogens is 2. The number of imidazole rings is 1. The molecule has 1 fully saturated rings. The van der Waals surface area contributed by atoms with E-state index in [0.29, 0.717) is 0 Å². The van der Waals surface area contributed by atoms with E-state index in [1.54, 1.807) is 6.20 Å². The van der Waals surface area contributed by atoms with Crippen LogP contribution in [0.1, 0.15) is 32.1 Å². The van der Waals surface area contributed by atoms with Crippen molar-refractivity contribution in [3.05, 3.63) is 22.8 Å². The molecule has 1 aromatic rings. The molecular formula is C12H19I2N3Pt. The summed E-state index contributed by atoms with van der Waals surface area (Å²) in [4.78, 5) is 0. The molecule has 1 saturated carbocycles. The van der Waals surface area contributed by atoms with E-state index in [4.69, 9.17) is 0 Å². The molecule has 0 spiro atoms. The van der Waals surface area contributed by atoms with Gasteiger partial charge in [-0.1, -0.05) is 19.3 Å². The Hall–Kier alpha value is 1.06. The Labute approximate surface area is 148 Å². The summed E-state index contributed by atoms with van der Waals surface area (Å²) in [5, 5.41) is 0. The first-order valence-corrected chi connectivity index (χ1v) is 9.05. The van der Waals surface area contributed by atoms with E-state index in [1.807, 2.05) is 28.6 Å². The van der Waals surface area contributed by atoms with Crippen molar-refractivity contribution in [1.29, 1.82) is 0 Å². The van der Waals surface area contributed by atoms with Crippen LogP contribution in [0.25, 0.3) is 6.20 Å². The van der Waals surface area contributed by atoms with E-state index < -0.39 is 0 Å². The molecular weight excluding hydrogens is 635 g/mol. The smallest absolute Gasteiger partial charge is 0.0311 e. The van der Waals surface area contributed by atoms with Crippen LogP contribution in [0, 0.1) is 3.80 Å². The van der Waals surface area contributed by atoms with Crippen LogP contribution >= 0.6 is 45.7 Å². The summed E-state index contributed by atoms with van der Waals surface area (Å²) in [5.74, 6) is 0. The number of aryl methyl sites for hydroxylation is 1. The van der Waals surface area contributed by atoms with Crippen molar-refractivity contribution in [2.75, 3.05) is 0 Å². The van der Waals surface area contributed by atoms with Crippen LogP contribution < -0.4 is 0 Å². The molecule has 0 aliphatic heterocycles. The van der Waals surface area contributed by atoms with Crippen molar-refractivity contribution in [3.8, 4) is 0 Å². The van der Waals surface area contributed by atoms with E-state index in [2.05, 4.69) is 73.0 Å². The normalized spacial score (nSPS) is 16.3. The quantitative estimate of drug-likeness (QED) is 0.343. The minimum absolute atomic E-state index is 0.861. The van der Waals surface area contributed by atoms with Crippen LogP contribution in [0.3, 0.4) is 0 Å². The number of halogens is 2. The predicted octanol–water partition coefficient (Wildman–Crippen LogP) is 4.33. The van der Waals surface area contributed by atoms with E-state index >= 15 is 0 Å². The SMILES string of the molecule is C=Cn1ccn(C)[c]1=[Pt].IN(I)C1CCCCC1. The third kappa shape index (κ3) is 5.59. The molecule has 0 unspecified atom stereocenters. The second-order valence-corrected chi connectivity index (χ2v) is 9.23. The summed E-state index contributed by atoms with van der Waals surface area (Å²) >= 11 is 7.00. The van der Waals surface area contributed by atoms with Gasteiger partial charge in [-0.3, -0.25) is 0 Å². The largest absolute Gasteiger partial charge is 0.185 e. The Morgan fingerprint density at radius 3 is 2.22 bits per heavy atom. The number of rotatable bonds is 2. The number of hydrogen-bond acceptors (Lipinski definition) is 1. The Bertz CT molecular complexity index is 419. The molecule has 6 heteroatoms. The van der Waals surface area contributed by atoms with Gasteiger partial charge in [0.15, 0.2) is 0 Å². The summed E-state index contributed by atoms with van der Waals surface area (Å²) in [7, 11) is 2.00. The molecule has 0 aromatic carbocycles. The molecule has 0 bridgehead atoms. The minimum atomic E-state index is 0.861. The monoisotopic (exact) mass is 654 g/mol. The van der Waals surface area contributed by atoms with Crippen molar-refractivity contribution in [1.82, 2.24) is 10.5 Å². The maximum atomic E-state index is 3.65. The fourth-order valence-electron chi connectivity index (χ4n) is 1.87. The number of nitrogens with zero attached hydrogens (tertiary/aromatic N) is 3. The van der Waals surface area contributed by atoms with Gasteiger partial charge in [0, 0.05) is 51.8 Å². The third-order valence-corrected chi connectivity index (χ3v) is 5.93. The zero-order valence-corrected chi connectivity index (χ0v) is 17.1. The fourth-order valence-corrected chi connectivity index (χ4v) is 3.53. The van der Waals surface area contributed by atoms with Crippen molar-refractivity contribution in [2.45, 2.75) is 38.1 Å². The number of hydrogen-bond donors (Lipinski definition) is 0. The average molecular weight is 654 g/mol. The third-order valence-electron chi connectivity index (χ3n) is 2.96. The van der Waals surface area contributed by atoms with Gasteiger partial charge >= 0.3 is 64.5 Å². The van der Waals surface area contributed by atoms with Gasteiger partial charge in [-0.2, -0.15) is 1.33 Å². The molecule has 106 valence electrons. The molecule has 18 heavy (non-hydrogen) atoms. The van der Waals surface area contributed by atoms with Gasteiger partial charge in [0.05, 0.1) is 0 Å². The second-order valence-electron chi connectivity index (χ2n) is 4.29. The fraction of sp³-hybridized carbons (Fsp3) is 0.583. The van der Waals surface area contributed by atoms with E-state index in [-0.39, 0.29) is 0 Å². The van der Waals surface area contributed by atoms with Crippen LogP contribution in [-0.2, 0) is 26.4 Å². The Balaban J connectivity index is 0.000000180.